The van der Waals surface area contributed by atoms with Gasteiger partial charge in [-0.25, -0.2) is 10.2 Å². The van der Waals surface area contributed by atoms with Crippen molar-refractivity contribution in [2.24, 2.45) is 10.8 Å². The number of hydrazone groups is 1. The normalized spacial score (nSPS) is 16.8. The molecule has 1 saturated carbocycles. The number of nitrogens with zero attached hydrogens (tertiary/aromatic N) is 1. The van der Waals surface area contributed by atoms with Crippen molar-refractivity contribution >= 4 is 12.2 Å². The van der Waals surface area contributed by atoms with E-state index in [1.165, 1.54) is 25.7 Å². The van der Waals surface area contributed by atoms with Crippen molar-refractivity contribution in [3.8, 4) is 5.75 Å². The molecule has 5 nitrogen and oxygen atoms in total. The molecule has 0 unspecified atom stereocenters. The Balaban J connectivity index is 1.87. The minimum absolute atomic E-state index is 0.341. The fourth-order valence-electron chi connectivity index (χ4n) is 2.36. The summed E-state index contributed by atoms with van der Waals surface area (Å²) in [7, 11) is 0. The summed E-state index contributed by atoms with van der Waals surface area (Å²) in [6.45, 7) is 0. The molecule has 1 fully saturated rings. The van der Waals surface area contributed by atoms with E-state index in [1.54, 1.807) is 6.21 Å². The topological polar surface area (TPSA) is 76.7 Å². The Morgan fingerprint density at radius 2 is 1.85 bits per heavy atom. The van der Waals surface area contributed by atoms with Crippen molar-refractivity contribution < 1.29 is 9.53 Å². The van der Waals surface area contributed by atoms with Crippen LogP contribution in [0.15, 0.2) is 29.4 Å². The molecule has 3 N–H and O–H groups in total. The molecular weight excluding hydrogens is 254 g/mol. The molecule has 0 bridgehead atoms. The van der Waals surface area contributed by atoms with E-state index in [0.717, 1.165) is 24.2 Å². The molecule has 0 heterocycles. The Labute approximate surface area is 119 Å². The summed E-state index contributed by atoms with van der Waals surface area (Å²) in [5.74, 6) is 0.886. The van der Waals surface area contributed by atoms with Gasteiger partial charge in [-0.3, -0.25) is 0 Å². The van der Waals surface area contributed by atoms with Crippen LogP contribution in [-0.4, -0.2) is 18.3 Å². The second kappa shape index (κ2) is 7.53. The molecule has 0 saturated heterocycles. The summed E-state index contributed by atoms with van der Waals surface area (Å²) in [5.41, 5.74) is 7.95. The minimum Gasteiger partial charge on any atom is -0.490 e. The van der Waals surface area contributed by atoms with E-state index < -0.39 is 6.03 Å². The number of hydrogen-bond acceptors (Lipinski definition) is 3. The molecule has 0 spiro atoms. The van der Waals surface area contributed by atoms with Crippen LogP contribution < -0.4 is 15.9 Å². The highest BCUT2D eigenvalue weighted by atomic mass is 16.5. The van der Waals surface area contributed by atoms with Gasteiger partial charge < -0.3 is 10.5 Å². The van der Waals surface area contributed by atoms with Crippen molar-refractivity contribution in [2.45, 2.75) is 44.6 Å². The molecule has 20 heavy (non-hydrogen) atoms. The number of benzene rings is 1. The van der Waals surface area contributed by atoms with Crippen LogP contribution in [0.25, 0.3) is 0 Å². The van der Waals surface area contributed by atoms with Gasteiger partial charge in [0.15, 0.2) is 0 Å². The zero-order chi connectivity index (χ0) is 14.2. The molecule has 0 aromatic heterocycles. The minimum atomic E-state index is -0.672. The number of hydrogen-bond donors (Lipinski definition) is 2. The molecule has 1 aromatic carbocycles. The first-order valence-electron chi connectivity index (χ1n) is 7.09. The van der Waals surface area contributed by atoms with Gasteiger partial charge in [-0.1, -0.05) is 12.8 Å². The summed E-state index contributed by atoms with van der Waals surface area (Å²) in [6, 6.07) is 6.98. The predicted octanol–water partition coefficient (Wildman–Crippen LogP) is 2.79. The number of nitrogens with two attached hydrogens (primary N) is 1. The second-order valence-electron chi connectivity index (χ2n) is 5.03. The molecule has 0 radical (unpaired) electrons. The Morgan fingerprint density at radius 3 is 2.45 bits per heavy atom. The number of ether oxygens (including phenoxy) is 1. The van der Waals surface area contributed by atoms with Crippen LogP contribution in [-0.2, 0) is 0 Å². The van der Waals surface area contributed by atoms with Crippen LogP contribution in [0, 0.1) is 0 Å². The predicted molar refractivity (Wildman–Crippen MR) is 78.9 cm³/mol. The van der Waals surface area contributed by atoms with E-state index >= 15 is 0 Å². The summed E-state index contributed by atoms with van der Waals surface area (Å²) in [6.07, 6.45) is 9.33. The van der Waals surface area contributed by atoms with Crippen LogP contribution in [0.2, 0.25) is 0 Å². The Morgan fingerprint density at radius 1 is 1.20 bits per heavy atom. The standard InChI is InChI=1S/C15H21N3O2/c16-15(19)18-17-11-12-7-9-14(10-8-12)20-13-5-3-1-2-4-6-13/h7-11,13H,1-6H2,(H3,16,18,19)/b17-11+. The third-order valence-corrected chi connectivity index (χ3v) is 3.37. The zero-order valence-electron chi connectivity index (χ0n) is 11.5. The van der Waals surface area contributed by atoms with Crippen LogP contribution in [0.5, 0.6) is 5.75 Å². The lowest BCUT2D eigenvalue weighted by Gasteiger charge is -2.16. The average molecular weight is 275 g/mol. The second-order valence-corrected chi connectivity index (χ2v) is 5.03. The first-order chi connectivity index (χ1) is 9.74. The third kappa shape index (κ3) is 4.91. The number of carbonyl (C=O) groups is 1. The smallest absolute Gasteiger partial charge is 0.332 e. The van der Waals surface area contributed by atoms with Crippen molar-refractivity contribution in [1.29, 1.82) is 0 Å². The van der Waals surface area contributed by atoms with Gasteiger partial charge in [0.2, 0.25) is 0 Å². The maximum Gasteiger partial charge on any atom is 0.332 e. The summed E-state index contributed by atoms with van der Waals surface area (Å²) < 4.78 is 6.00. The van der Waals surface area contributed by atoms with E-state index in [0.29, 0.717) is 6.10 Å². The van der Waals surface area contributed by atoms with Crippen LogP contribution in [0.1, 0.15) is 44.1 Å². The number of amides is 2. The molecule has 108 valence electrons. The molecule has 0 atom stereocenters. The lowest BCUT2D eigenvalue weighted by Crippen LogP contribution is -2.24. The van der Waals surface area contributed by atoms with E-state index in [1.807, 2.05) is 24.3 Å². The van der Waals surface area contributed by atoms with E-state index in [9.17, 15) is 4.79 Å². The van der Waals surface area contributed by atoms with E-state index in [4.69, 9.17) is 10.5 Å². The number of carbonyl (C=O) groups excluding carboxylic acids is 1. The van der Waals surface area contributed by atoms with Crippen LogP contribution >= 0.6 is 0 Å². The molecule has 0 aliphatic heterocycles. The van der Waals surface area contributed by atoms with E-state index in [2.05, 4.69) is 10.5 Å². The summed E-state index contributed by atoms with van der Waals surface area (Å²) in [5, 5.41) is 3.71. The molecule has 5 heteroatoms. The monoisotopic (exact) mass is 275 g/mol. The molecule has 2 rings (SSSR count). The van der Waals surface area contributed by atoms with E-state index in [-0.39, 0.29) is 0 Å². The van der Waals surface area contributed by atoms with Crippen molar-refractivity contribution in [3.63, 3.8) is 0 Å². The van der Waals surface area contributed by atoms with Crippen molar-refractivity contribution in [1.82, 2.24) is 5.43 Å². The van der Waals surface area contributed by atoms with Gasteiger partial charge in [0.25, 0.3) is 0 Å². The first-order valence-corrected chi connectivity index (χ1v) is 7.09. The SMILES string of the molecule is NC(=O)N/N=C/c1ccc(OC2CCCCCC2)cc1. The van der Waals surface area contributed by atoms with Gasteiger partial charge in [0.1, 0.15) is 5.75 Å². The lowest BCUT2D eigenvalue weighted by atomic mass is 10.1. The molecular formula is C15H21N3O2. The molecule has 1 aliphatic carbocycles. The van der Waals surface area contributed by atoms with Gasteiger partial charge >= 0.3 is 6.03 Å². The maximum absolute atomic E-state index is 10.5. The summed E-state index contributed by atoms with van der Waals surface area (Å²) in [4.78, 5) is 10.5. The highest BCUT2D eigenvalue weighted by molar-refractivity contribution is 5.81. The fourth-order valence-corrected chi connectivity index (χ4v) is 2.36. The molecule has 1 aliphatic rings. The largest absolute Gasteiger partial charge is 0.490 e. The highest BCUT2D eigenvalue weighted by Gasteiger charge is 2.13. The third-order valence-electron chi connectivity index (χ3n) is 3.37. The number of rotatable bonds is 4. The van der Waals surface area contributed by atoms with Crippen LogP contribution in [0.3, 0.4) is 0 Å². The van der Waals surface area contributed by atoms with Gasteiger partial charge in [-0.2, -0.15) is 5.10 Å². The van der Waals surface area contributed by atoms with Gasteiger partial charge in [0, 0.05) is 0 Å². The maximum atomic E-state index is 10.5. The Bertz CT molecular complexity index is 449. The highest BCUT2D eigenvalue weighted by Crippen LogP contribution is 2.22. The van der Waals surface area contributed by atoms with Crippen molar-refractivity contribution in [2.75, 3.05) is 0 Å². The average Bonchev–Trinajstić information content (AvgIpc) is 2.69. The summed E-state index contributed by atoms with van der Waals surface area (Å²) >= 11 is 0. The Kier molecular flexibility index (Phi) is 5.41. The number of urea groups is 1. The zero-order valence-corrected chi connectivity index (χ0v) is 11.5. The quantitative estimate of drug-likeness (QED) is 0.503. The number of primary amides is 1. The van der Waals surface area contributed by atoms with Gasteiger partial charge in [-0.05, 0) is 55.5 Å². The first kappa shape index (κ1) is 14.4. The van der Waals surface area contributed by atoms with Crippen molar-refractivity contribution in [3.05, 3.63) is 29.8 Å². The molecule has 2 amide bonds. The lowest BCUT2D eigenvalue weighted by molar-refractivity contribution is 0.184. The van der Waals surface area contributed by atoms with Gasteiger partial charge in [-0.15, -0.1) is 0 Å². The number of nitrogens with one attached hydrogen (secondary N) is 1. The Hall–Kier alpha value is -2.04. The molecule has 1 aromatic rings. The van der Waals surface area contributed by atoms with Crippen LogP contribution in [0.4, 0.5) is 4.79 Å². The van der Waals surface area contributed by atoms with Gasteiger partial charge in [0.05, 0.1) is 12.3 Å². The fraction of sp³-hybridized carbons (Fsp3) is 0.467.